The third-order valence-corrected chi connectivity index (χ3v) is 2.96. The number of rotatable bonds is 8. The summed E-state index contributed by atoms with van der Waals surface area (Å²) in [5, 5.41) is 2.96. The van der Waals surface area contributed by atoms with Crippen molar-refractivity contribution < 1.29 is 4.74 Å². The fourth-order valence-electron chi connectivity index (χ4n) is 1.96. The standard InChI is InChI=1S/C14H25N3O/c1-3-12-18-14-6-10-17(11-7-14)9-5-4-8-16-13(2)15/h3-5,14,16H,1-2,6-12,15H2/b5-4+. The summed E-state index contributed by atoms with van der Waals surface area (Å²) in [6, 6.07) is 0. The monoisotopic (exact) mass is 251 g/mol. The quantitative estimate of drug-likeness (QED) is 0.637. The van der Waals surface area contributed by atoms with Gasteiger partial charge in [-0.1, -0.05) is 24.8 Å². The lowest BCUT2D eigenvalue weighted by atomic mass is 10.1. The highest BCUT2D eigenvalue weighted by Gasteiger charge is 2.17. The Hall–Kier alpha value is -1.26. The Bertz CT molecular complexity index is 281. The number of nitrogens with one attached hydrogen (secondary N) is 1. The van der Waals surface area contributed by atoms with Crippen LogP contribution in [0, 0.1) is 0 Å². The molecule has 0 spiro atoms. The van der Waals surface area contributed by atoms with E-state index >= 15 is 0 Å². The fraction of sp³-hybridized carbons (Fsp3) is 0.571. The van der Waals surface area contributed by atoms with Crippen molar-refractivity contribution in [3.8, 4) is 0 Å². The van der Waals surface area contributed by atoms with E-state index in [0.29, 0.717) is 18.5 Å². The van der Waals surface area contributed by atoms with Crippen molar-refractivity contribution in [2.24, 2.45) is 5.73 Å². The molecule has 0 aromatic carbocycles. The van der Waals surface area contributed by atoms with Crippen molar-refractivity contribution in [1.82, 2.24) is 10.2 Å². The summed E-state index contributed by atoms with van der Waals surface area (Å²) >= 11 is 0. The molecule has 1 aliphatic rings. The summed E-state index contributed by atoms with van der Waals surface area (Å²) in [6.45, 7) is 11.8. The molecule has 0 aliphatic carbocycles. The minimum atomic E-state index is 0.408. The molecule has 18 heavy (non-hydrogen) atoms. The molecule has 0 atom stereocenters. The van der Waals surface area contributed by atoms with Gasteiger partial charge in [-0.15, -0.1) is 6.58 Å². The van der Waals surface area contributed by atoms with Gasteiger partial charge in [0.05, 0.1) is 18.5 Å². The number of hydrogen-bond acceptors (Lipinski definition) is 4. The predicted octanol–water partition coefficient (Wildman–Crippen LogP) is 1.23. The first-order valence-electron chi connectivity index (χ1n) is 6.50. The van der Waals surface area contributed by atoms with E-state index in [1.807, 2.05) is 6.08 Å². The van der Waals surface area contributed by atoms with Crippen molar-refractivity contribution in [1.29, 1.82) is 0 Å². The lowest BCUT2D eigenvalue weighted by Crippen LogP contribution is -2.37. The summed E-state index contributed by atoms with van der Waals surface area (Å²) in [5.41, 5.74) is 5.40. The minimum absolute atomic E-state index is 0.408. The van der Waals surface area contributed by atoms with E-state index in [0.717, 1.165) is 39.0 Å². The minimum Gasteiger partial charge on any atom is -0.386 e. The van der Waals surface area contributed by atoms with Crippen molar-refractivity contribution in [3.05, 3.63) is 37.2 Å². The Kier molecular flexibility index (Phi) is 7.22. The van der Waals surface area contributed by atoms with Crippen LogP contribution in [-0.2, 0) is 4.74 Å². The average Bonchev–Trinajstić information content (AvgIpc) is 2.37. The summed E-state index contributed by atoms with van der Waals surface area (Å²) in [4.78, 5) is 2.43. The van der Waals surface area contributed by atoms with Crippen LogP contribution in [-0.4, -0.2) is 43.8 Å². The molecule has 0 unspecified atom stereocenters. The topological polar surface area (TPSA) is 50.5 Å². The average molecular weight is 251 g/mol. The smallest absolute Gasteiger partial charge is 0.0888 e. The number of likely N-dealkylation sites (tertiary alicyclic amines) is 1. The second kappa shape index (κ2) is 8.78. The molecule has 102 valence electrons. The van der Waals surface area contributed by atoms with Gasteiger partial charge in [-0.3, -0.25) is 4.90 Å². The molecule has 1 aliphatic heterocycles. The maximum absolute atomic E-state index is 5.65. The highest BCUT2D eigenvalue weighted by Crippen LogP contribution is 2.13. The van der Waals surface area contributed by atoms with Gasteiger partial charge in [-0.05, 0) is 12.8 Å². The second-order valence-corrected chi connectivity index (χ2v) is 4.50. The van der Waals surface area contributed by atoms with Crippen molar-refractivity contribution in [2.45, 2.75) is 18.9 Å². The molecule has 0 saturated carbocycles. The zero-order valence-corrected chi connectivity index (χ0v) is 11.1. The third kappa shape index (κ3) is 6.47. The Balaban J connectivity index is 2.08. The molecular formula is C14H25N3O. The zero-order chi connectivity index (χ0) is 13.2. The van der Waals surface area contributed by atoms with E-state index < -0.39 is 0 Å². The van der Waals surface area contributed by atoms with Gasteiger partial charge in [-0.25, -0.2) is 0 Å². The van der Waals surface area contributed by atoms with Gasteiger partial charge in [0.1, 0.15) is 0 Å². The molecule has 1 saturated heterocycles. The lowest BCUT2D eigenvalue weighted by molar-refractivity contribution is 0.0248. The van der Waals surface area contributed by atoms with Gasteiger partial charge in [0.2, 0.25) is 0 Å². The largest absolute Gasteiger partial charge is 0.386 e. The molecule has 0 amide bonds. The molecule has 1 fully saturated rings. The molecular weight excluding hydrogens is 226 g/mol. The molecule has 3 N–H and O–H groups in total. The fourth-order valence-corrected chi connectivity index (χ4v) is 1.96. The van der Waals surface area contributed by atoms with Crippen LogP contribution in [0.3, 0.4) is 0 Å². The first-order valence-corrected chi connectivity index (χ1v) is 6.50. The van der Waals surface area contributed by atoms with E-state index in [1.54, 1.807) is 0 Å². The van der Waals surface area contributed by atoms with Crippen LogP contribution in [0.1, 0.15) is 12.8 Å². The summed E-state index contributed by atoms with van der Waals surface area (Å²) < 4.78 is 5.65. The summed E-state index contributed by atoms with van der Waals surface area (Å²) in [6.07, 6.45) is 8.69. The molecule has 0 aromatic rings. The molecule has 4 heteroatoms. The Morgan fingerprint density at radius 3 is 2.72 bits per heavy atom. The molecule has 1 rings (SSSR count). The van der Waals surface area contributed by atoms with E-state index in [1.165, 1.54) is 0 Å². The molecule has 0 radical (unpaired) electrons. The Labute approximate surface area is 110 Å². The van der Waals surface area contributed by atoms with Crippen molar-refractivity contribution in [2.75, 3.05) is 32.8 Å². The van der Waals surface area contributed by atoms with Crippen LogP contribution in [0.5, 0.6) is 0 Å². The third-order valence-electron chi connectivity index (χ3n) is 2.96. The predicted molar refractivity (Wildman–Crippen MR) is 76.1 cm³/mol. The van der Waals surface area contributed by atoms with E-state index in [-0.39, 0.29) is 0 Å². The SMILES string of the molecule is C=CCOC1CCN(C/C=C/CNC(=C)N)CC1. The normalized spacial score (nSPS) is 18.0. The molecule has 0 aromatic heterocycles. The molecule has 4 nitrogen and oxygen atoms in total. The van der Waals surface area contributed by atoms with Crippen LogP contribution in [0.2, 0.25) is 0 Å². The van der Waals surface area contributed by atoms with Gasteiger partial charge in [-0.2, -0.15) is 0 Å². The second-order valence-electron chi connectivity index (χ2n) is 4.50. The summed E-state index contributed by atoms with van der Waals surface area (Å²) in [7, 11) is 0. The van der Waals surface area contributed by atoms with Crippen LogP contribution >= 0.6 is 0 Å². The maximum Gasteiger partial charge on any atom is 0.0888 e. The zero-order valence-electron chi connectivity index (χ0n) is 11.1. The first kappa shape index (κ1) is 14.8. The van der Waals surface area contributed by atoms with Gasteiger partial charge in [0.15, 0.2) is 0 Å². The van der Waals surface area contributed by atoms with Gasteiger partial charge in [0, 0.05) is 26.2 Å². The van der Waals surface area contributed by atoms with E-state index in [9.17, 15) is 0 Å². The van der Waals surface area contributed by atoms with Gasteiger partial charge < -0.3 is 15.8 Å². The van der Waals surface area contributed by atoms with E-state index in [2.05, 4.69) is 35.5 Å². The van der Waals surface area contributed by atoms with E-state index in [4.69, 9.17) is 10.5 Å². The van der Waals surface area contributed by atoms with Crippen LogP contribution in [0.15, 0.2) is 37.2 Å². The number of nitrogens with two attached hydrogens (primary N) is 1. The lowest BCUT2D eigenvalue weighted by Gasteiger charge is -2.30. The summed E-state index contributed by atoms with van der Waals surface area (Å²) in [5.74, 6) is 0.514. The Morgan fingerprint density at radius 2 is 2.11 bits per heavy atom. The van der Waals surface area contributed by atoms with Crippen LogP contribution in [0.25, 0.3) is 0 Å². The van der Waals surface area contributed by atoms with Gasteiger partial charge in [0.25, 0.3) is 0 Å². The number of piperidine rings is 1. The first-order chi connectivity index (χ1) is 8.72. The maximum atomic E-state index is 5.65. The molecule has 0 bridgehead atoms. The molecule has 1 heterocycles. The number of nitrogens with zero attached hydrogens (tertiary/aromatic N) is 1. The number of ether oxygens (including phenoxy) is 1. The van der Waals surface area contributed by atoms with Crippen LogP contribution in [0.4, 0.5) is 0 Å². The Morgan fingerprint density at radius 1 is 1.39 bits per heavy atom. The van der Waals surface area contributed by atoms with Crippen molar-refractivity contribution in [3.63, 3.8) is 0 Å². The van der Waals surface area contributed by atoms with Crippen LogP contribution < -0.4 is 11.1 Å². The highest BCUT2D eigenvalue weighted by molar-refractivity contribution is 4.92. The van der Waals surface area contributed by atoms with Crippen molar-refractivity contribution >= 4 is 0 Å². The highest BCUT2D eigenvalue weighted by atomic mass is 16.5. The number of hydrogen-bond donors (Lipinski definition) is 2. The van der Waals surface area contributed by atoms with Gasteiger partial charge >= 0.3 is 0 Å².